The van der Waals surface area contributed by atoms with E-state index in [0.717, 1.165) is 17.1 Å². The van der Waals surface area contributed by atoms with Crippen molar-refractivity contribution in [2.24, 2.45) is 5.92 Å². The van der Waals surface area contributed by atoms with E-state index in [1.807, 2.05) is 12.1 Å². The van der Waals surface area contributed by atoms with Crippen molar-refractivity contribution >= 4 is 35.2 Å². The van der Waals surface area contributed by atoms with Crippen molar-refractivity contribution in [2.45, 2.75) is 11.7 Å². The van der Waals surface area contributed by atoms with Gasteiger partial charge in [-0.05, 0) is 30.2 Å². The Hall–Kier alpha value is -1.40. The predicted molar refractivity (Wildman–Crippen MR) is 89.0 cm³/mol. The summed E-state index contributed by atoms with van der Waals surface area (Å²) >= 11 is 7.55. The zero-order valence-electron chi connectivity index (χ0n) is 12.8. The number of amides is 1. The van der Waals surface area contributed by atoms with Gasteiger partial charge in [-0.2, -0.15) is 0 Å². The van der Waals surface area contributed by atoms with Crippen LogP contribution in [0.4, 0.5) is 0 Å². The number of hydrogen-bond donors (Lipinski definition) is 0. The molecule has 1 saturated heterocycles. The number of carbonyl (C=O) groups is 2. The minimum atomic E-state index is -0.302. The summed E-state index contributed by atoms with van der Waals surface area (Å²) in [5.74, 6) is 1.05. The van der Waals surface area contributed by atoms with E-state index < -0.39 is 0 Å². The fourth-order valence-corrected chi connectivity index (χ4v) is 4.23. The molecule has 2 aliphatic heterocycles. The van der Waals surface area contributed by atoms with E-state index in [1.54, 1.807) is 11.0 Å². The summed E-state index contributed by atoms with van der Waals surface area (Å²) in [5.41, 5.74) is 0.956. The average molecular weight is 356 g/mol. The number of halogens is 1. The molecule has 0 spiro atoms. The van der Waals surface area contributed by atoms with Crippen molar-refractivity contribution < 1.29 is 19.1 Å². The van der Waals surface area contributed by atoms with Crippen molar-refractivity contribution in [2.75, 3.05) is 32.6 Å². The van der Waals surface area contributed by atoms with Gasteiger partial charge < -0.3 is 14.4 Å². The molecule has 2 aliphatic rings. The third-order valence-electron chi connectivity index (χ3n) is 4.12. The molecule has 1 aromatic rings. The number of ether oxygens (including phenoxy) is 2. The normalized spacial score (nSPS) is 23.7. The number of benzene rings is 1. The highest BCUT2D eigenvalue weighted by molar-refractivity contribution is 8.00. The molecule has 0 saturated carbocycles. The van der Waals surface area contributed by atoms with Crippen LogP contribution in [0.2, 0.25) is 5.02 Å². The van der Waals surface area contributed by atoms with Gasteiger partial charge in [-0.15, -0.1) is 11.8 Å². The largest absolute Gasteiger partial charge is 0.492 e. The average Bonchev–Trinajstić information content (AvgIpc) is 2.59. The second-order valence-corrected chi connectivity index (χ2v) is 7.38. The Balaban J connectivity index is 1.68. The standard InChI is InChI=1S/C16H18ClNO4S/c1-21-16(20)14-8-18(4-5-23-14)15(19)11-6-10-7-12(17)2-3-13(10)22-9-11/h2-3,7,11,14H,4-6,8-9H2,1H3/t11-,14+/m1/s1. The monoisotopic (exact) mass is 355 g/mol. The molecule has 0 unspecified atom stereocenters. The SMILES string of the molecule is COC(=O)[C@@H]1CN(C(=O)[C@H]2COc3ccc(Cl)cc3C2)CCS1. The minimum absolute atomic E-state index is 0.0322. The maximum Gasteiger partial charge on any atom is 0.320 e. The summed E-state index contributed by atoms with van der Waals surface area (Å²) in [7, 11) is 1.37. The van der Waals surface area contributed by atoms with E-state index in [9.17, 15) is 9.59 Å². The molecule has 1 amide bonds. The maximum absolute atomic E-state index is 12.8. The predicted octanol–water partition coefficient (Wildman–Crippen LogP) is 2.01. The second kappa shape index (κ2) is 7.01. The van der Waals surface area contributed by atoms with Crippen molar-refractivity contribution in [3.8, 4) is 5.75 Å². The van der Waals surface area contributed by atoms with Crippen LogP contribution < -0.4 is 4.74 Å². The number of fused-ring (bicyclic) bond motifs is 1. The highest BCUT2D eigenvalue weighted by Gasteiger charge is 2.34. The van der Waals surface area contributed by atoms with Crippen molar-refractivity contribution in [1.29, 1.82) is 0 Å². The minimum Gasteiger partial charge on any atom is -0.492 e. The summed E-state index contributed by atoms with van der Waals surface area (Å²) < 4.78 is 10.5. The van der Waals surface area contributed by atoms with Gasteiger partial charge in [0.25, 0.3) is 0 Å². The van der Waals surface area contributed by atoms with Crippen LogP contribution in [0.15, 0.2) is 18.2 Å². The first-order valence-electron chi connectivity index (χ1n) is 7.48. The number of nitrogens with zero attached hydrogens (tertiary/aromatic N) is 1. The number of esters is 1. The number of carbonyl (C=O) groups excluding carboxylic acids is 2. The molecule has 0 bridgehead atoms. The summed E-state index contributed by atoms with van der Waals surface area (Å²) in [5, 5.41) is 0.338. The lowest BCUT2D eigenvalue weighted by atomic mass is 9.95. The third kappa shape index (κ3) is 3.58. The Morgan fingerprint density at radius 3 is 3.04 bits per heavy atom. The van der Waals surface area contributed by atoms with Gasteiger partial charge in [0, 0.05) is 23.9 Å². The molecule has 0 aromatic heterocycles. The molecule has 0 radical (unpaired) electrons. The van der Waals surface area contributed by atoms with Crippen molar-refractivity contribution in [3.05, 3.63) is 28.8 Å². The number of rotatable bonds is 2. The Morgan fingerprint density at radius 1 is 1.43 bits per heavy atom. The van der Waals surface area contributed by atoms with Gasteiger partial charge in [-0.1, -0.05) is 11.6 Å². The molecule has 124 valence electrons. The topological polar surface area (TPSA) is 55.8 Å². The van der Waals surface area contributed by atoms with Crippen LogP contribution in [0, 0.1) is 5.92 Å². The van der Waals surface area contributed by atoms with Crippen LogP contribution >= 0.6 is 23.4 Å². The quantitative estimate of drug-likeness (QED) is 0.759. The van der Waals surface area contributed by atoms with E-state index in [0.29, 0.717) is 31.1 Å². The Morgan fingerprint density at radius 2 is 2.26 bits per heavy atom. The van der Waals surface area contributed by atoms with Gasteiger partial charge >= 0.3 is 5.97 Å². The van der Waals surface area contributed by atoms with Crippen LogP contribution in [0.3, 0.4) is 0 Å². The lowest BCUT2D eigenvalue weighted by Gasteiger charge is -2.34. The fourth-order valence-electron chi connectivity index (χ4n) is 2.90. The van der Waals surface area contributed by atoms with Gasteiger partial charge in [0.05, 0.1) is 13.0 Å². The summed E-state index contributed by atoms with van der Waals surface area (Å²) in [6.45, 7) is 1.41. The van der Waals surface area contributed by atoms with Crippen molar-refractivity contribution in [1.82, 2.24) is 4.90 Å². The molecule has 1 aromatic carbocycles. The van der Waals surface area contributed by atoms with Crippen LogP contribution in [-0.2, 0) is 20.7 Å². The van der Waals surface area contributed by atoms with Crippen LogP contribution in [0.5, 0.6) is 5.75 Å². The van der Waals surface area contributed by atoms with Gasteiger partial charge in [0.1, 0.15) is 17.6 Å². The molecule has 0 N–H and O–H groups in total. The Bertz CT molecular complexity index is 624. The molecular weight excluding hydrogens is 338 g/mol. The van der Waals surface area contributed by atoms with Crippen LogP contribution in [0.25, 0.3) is 0 Å². The highest BCUT2D eigenvalue weighted by Crippen LogP contribution is 2.31. The molecule has 5 nitrogen and oxygen atoms in total. The Kier molecular flexibility index (Phi) is 5.02. The van der Waals surface area contributed by atoms with E-state index in [1.165, 1.54) is 18.9 Å². The highest BCUT2D eigenvalue weighted by atomic mass is 35.5. The summed E-state index contributed by atoms with van der Waals surface area (Å²) in [6.07, 6.45) is 0.612. The van der Waals surface area contributed by atoms with Gasteiger partial charge in [0.2, 0.25) is 5.91 Å². The van der Waals surface area contributed by atoms with Crippen LogP contribution in [-0.4, -0.2) is 54.6 Å². The zero-order chi connectivity index (χ0) is 16.4. The number of methoxy groups -OCH3 is 1. The Labute approximate surface area is 144 Å². The zero-order valence-corrected chi connectivity index (χ0v) is 14.4. The van der Waals surface area contributed by atoms with E-state index >= 15 is 0 Å². The molecule has 3 rings (SSSR count). The van der Waals surface area contributed by atoms with E-state index in [2.05, 4.69) is 0 Å². The molecule has 2 atom stereocenters. The first-order valence-corrected chi connectivity index (χ1v) is 8.90. The molecule has 23 heavy (non-hydrogen) atoms. The molecule has 2 heterocycles. The third-order valence-corrected chi connectivity index (χ3v) is 5.52. The number of hydrogen-bond acceptors (Lipinski definition) is 5. The maximum atomic E-state index is 12.8. The van der Waals surface area contributed by atoms with Gasteiger partial charge in [0.15, 0.2) is 0 Å². The second-order valence-electron chi connectivity index (χ2n) is 5.63. The van der Waals surface area contributed by atoms with E-state index in [-0.39, 0.29) is 23.0 Å². The van der Waals surface area contributed by atoms with Gasteiger partial charge in [-0.25, -0.2) is 0 Å². The smallest absolute Gasteiger partial charge is 0.320 e. The molecular formula is C16H18ClNO4S. The summed E-state index contributed by atoms with van der Waals surface area (Å²) in [4.78, 5) is 26.2. The van der Waals surface area contributed by atoms with E-state index in [4.69, 9.17) is 21.1 Å². The lowest BCUT2D eigenvalue weighted by molar-refractivity contribution is -0.142. The summed E-state index contributed by atoms with van der Waals surface area (Å²) in [6, 6.07) is 5.47. The van der Waals surface area contributed by atoms with Gasteiger partial charge in [-0.3, -0.25) is 9.59 Å². The fraction of sp³-hybridized carbons (Fsp3) is 0.500. The first kappa shape index (κ1) is 16.5. The number of thioether (sulfide) groups is 1. The first-order chi connectivity index (χ1) is 11.1. The molecule has 0 aliphatic carbocycles. The van der Waals surface area contributed by atoms with Crippen LogP contribution in [0.1, 0.15) is 5.56 Å². The molecule has 7 heteroatoms. The lowest BCUT2D eigenvalue weighted by Crippen LogP contribution is -2.48. The molecule has 1 fully saturated rings. The van der Waals surface area contributed by atoms with Crippen molar-refractivity contribution in [3.63, 3.8) is 0 Å².